The van der Waals surface area contributed by atoms with Crippen LogP contribution < -0.4 is 4.74 Å². The molecule has 0 fully saturated rings. The Bertz CT molecular complexity index is 500. The lowest BCUT2D eigenvalue weighted by Crippen LogP contribution is -1.94. The molecule has 0 radical (unpaired) electrons. The van der Waals surface area contributed by atoms with Crippen LogP contribution in [0.5, 0.6) is 5.75 Å². The van der Waals surface area contributed by atoms with Crippen LogP contribution in [0.1, 0.15) is 17.4 Å². The minimum absolute atomic E-state index is 0.649. The zero-order valence-electron chi connectivity index (χ0n) is 8.86. The largest absolute Gasteiger partial charge is 0.494 e. The third kappa shape index (κ3) is 1.61. The molecule has 3 nitrogen and oxygen atoms in total. The molecule has 0 aliphatic heterocycles. The monoisotopic (exact) mass is 203 g/mol. The number of ether oxygens (including phenoxy) is 1. The average Bonchev–Trinajstić information content (AvgIpc) is 2.56. The fraction of sp³-hybridized carbons (Fsp3) is 0.250. The number of aromatic nitrogens is 1. The van der Waals surface area contributed by atoms with Crippen molar-refractivity contribution in [3.63, 3.8) is 0 Å². The van der Waals surface area contributed by atoms with Crippen molar-refractivity contribution in [3.05, 3.63) is 30.0 Å². The molecule has 0 spiro atoms. The summed E-state index contributed by atoms with van der Waals surface area (Å²) in [4.78, 5) is 10.8. The number of hydrogen-bond donors (Lipinski definition) is 0. The predicted octanol–water partition coefficient (Wildman–Crippen LogP) is 2.39. The lowest BCUT2D eigenvalue weighted by Gasteiger charge is -2.03. The van der Waals surface area contributed by atoms with Crippen molar-refractivity contribution in [2.75, 3.05) is 6.61 Å². The maximum absolute atomic E-state index is 10.8. The van der Waals surface area contributed by atoms with Crippen LogP contribution in [0.4, 0.5) is 0 Å². The maximum atomic E-state index is 10.8. The second-order valence-corrected chi connectivity index (χ2v) is 3.40. The van der Waals surface area contributed by atoms with Gasteiger partial charge in [0.25, 0.3) is 0 Å². The summed E-state index contributed by atoms with van der Waals surface area (Å²) in [6.45, 7) is 2.60. The smallest absolute Gasteiger partial charge is 0.166 e. The lowest BCUT2D eigenvalue weighted by atomic mass is 10.2. The number of benzene rings is 1. The molecule has 3 heteroatoms. The van der Waals surface area contributed by atoms with Gasteiger partial charge in [-0.15, -0.1) is 0 Å². The molecule has 78 valence electrons. The van der Waals surface area contributed by atoms with E-state index in [4.69, 9.17) is 4.74 Å². The molecule has 2 rings (SSSR count). The van der Waals surface area contributed by atoms with Crippen molar-refractivity contribution in [1.29, 1.82) is 0 Å². The Morgan fingerprint density at radius 1 is 1.40 bits per heavy atom. The SMILES string of the molecule is CCOc1ccc2cc(C=O)n(C)c2c1. The van der Waals surface area contributed by atoms with Crippen LogP contribution in [0.25, 0.3) is 10.9 Å². The van der Waals surface area contributed by atoms with E-state index in [-0.39, 0.29) is 0 Å². The third-order valence-corrected chi connectivity index (χ3v) is 2.49. The molecule has 0 amide bonds. The zero-order chi connectivity index (χ0) is 10.8. The molecular weight excluding hydrogens is 190 g/mol. The lowest BCUT2D eigenvalue weighted by molar-refractivity contribution is 0.111. The van der Waals surface area contributed by atoms with Gasteiger partial charge in [-0.2, -0.15) is 0 Å². The minimum Gasteiger partial charge on any atom is -0.494 e. The van der Waals surface area contributed by atoms with Gasteiger partial charge in [0.1, 0.15) is 5.75 Å². The summed E-state index contributed by atoms with van der Waals surface area (Å²) in [7, 11) is 1.88. The Kier molecular flexibility index (Phi) is 2.46. The molecule has 2 aromatic rings. The normalized spacial score (nSPS) is 10.5. The van der Waals surface area contributed by atoms with Crippen molar-refractivity contribution in [2.24, 2.45) is 7.05 Å². The molecule has 0 bridgehead atoms. The minimum atomic E-state index is 0.649. The molecule has 0 N–H and O–H groups in total. The summed E-state index contributed by atoms with van der Waals surface area (Å²) in [5, 5.41) is 1.06. The molecule has 1 heterocycles. The highest BCUT2D eigenvalue weighted by molar-refractivity contribution is 5.89. The van der Waals surface area contributed by atoms with E-state index in [1.165, 1.54) is 0 Å². The van der Waals surface area contributed by atoms with E-state index in [2.05, 4.69) is 0 Å². The van der Waals surface area contributed by atoms with Crippen LogP contribution in [-0.4, -0.2) is 17.5 Å². The van der Waals surface area contributed by atoms with Crippen molar-refractivity contribution in [1.82, 2.24) is 4.57 Å². The van der Waals surface area contributed by atoms with Gasteiger partial charge in [0.05, 0.1) is 17.8 Å². The first-order chi connectivity index (χ1) is 7.26. The Balaban J connectivity index is 2.59. The van der Waals surface area contributed by atoms with Gasteiger partial charge in [-0.3, -0.25) is 4.79 Å². The van der Waals surface area contributed by atoms with Gasteiger partial charge in [0.15, 0.2) is 6.29 Å². The first kappa shape index (κ1) is 9.77. The fourth-order valence-electron chi connectivity index (χ4n) is 1.70. The summed E-state index contributed by atoms with van der Waals surface area (Å²) in [6.07, 6.45) is 0.861. The summed E-state index contributed by atoms with van der Waals surface area (Å²) >= 11 is 0. The van der Waals surface area contributed by atoms with Crippen LogP contribution in [0.2, 0.25) is 0 Å². The standard InChI is InChI=1S/C12H13NO2/c1-3-15-11-5-4-9-6-10(8-14)13(2)12(9)7-11/h4-8H,3H2,1-2H3. The van der Waals surface area contributed by atoms with E-state index in [0.717, 1.165) is 22.9 Å². The van der Waals surface area contributed by atoms with Gasteiger partial charge >= 0.3 is 0 Å². The number of nitrogens with zero attached hydrogens (tertiary/aromatic N) is 1. The topological polar surface area (TPSA) is 31.2 Å². The van der Waals surface area contributed by atoms with Gasteiger partial charge in [-0.25, -0.2) is 0 Å². The molecule has 0 aliphatic rings. The quantitative estimate of drug-likeness (QED) is 0.717. The van der Waals surface area contributed by atoms with Gasteiger partial charge in [-0.1, -0.05) is 0 Å². The summed E-state index contributed by atoms with van der Waals surface area (Å²) < 4.78 is 7.28. The Labute approximate surface area is 88.3 Å². The van der Waals surface area contributed by atoms with E-state index in [9.17, 15) is 4.79 Å². The van der Waals surface area contributed by atoms with Gasteiger partial charge < -0.3 is 9.30 Å². The highest BCUT2D eigenvalue weighted by Crippen LogP contribution is 2.23. The number of carbonyl (C=O) groups is 1. The number of aryl methyl sites for hydroxylation is 1. The van der Waals surface area contributed by atoms with Gasteiger partial charge in [0.2, 0.25) is 0 Å². The summed E-state index contributed by atoms with van der Waals surface area (Å²) in [5.41, 5.74) is 1.70. The average molecular weight is 203 g/mol. The maximum Gasteiger partial charge on any atom is 0.166 e. The first-order valence-corrected chi connectivity index (χ1v) is 4.93. The van der Waals surface area contributed by atoms with Crippen LogP contribution in [0.3, 0.4) is 0 Å². The highest BCUT2D eigenvalue weighted by Gasteiger charge is 2.05. The van der Waals surface area contributed by atoms with Crippen LogP contribution in [0.15, 0.2) is 24.3 Å². The summed E-state index contributed by atoms with van der Waals surface area (Å²) in [5.74, 6) is 0.837. The first-order valence-electron chi connectivity index (χ1n) is 4.93. The second kappa shape index (κ2) is 3.77. The van der Waals surface area contributed by atoms with Crippen LogP contribution >= 0.6 is 0 Å². The molecule has 0 atom stereocenters. The zero-order valence-corrected chi connectivity index (χ0v) is 8.86. The highest BCUT2D eigenvalue weighted by atomic mass is 16.5. The van der Waals surface area contributed by atoms with Gasteiger partial charge in [-0.05, 0) is 25.1 Å². The van der Waals surface area contributed by atoms with E-state index >= 15 is 0 Å². The Hall–Kier alpha value is -1.77. The van der Waals surface area contributed by atoms with Crippen molar-refractivity contribution >= 4 is 17.2 Å². The van der Waals surface area contributed by atoms with Crippen molar-refractivity contribution in [2.45, 2.75) is 6.92 Å². The number of fused-ring (bicyclic) bond motifs is 1. The van der Waals surface area contributed by atoms with E-state index in [1.807, 2.05) is 42.8 Å². The molecule has 15 heavy (non-hydrogen) atoms. The summed E-state index contributed by atoms with van der Waals surface area (Å²) in [6, 6.07) is 7.71. The van der Waals surface area contributed by atoms with E-state index in [0.29, 0.717) is 12.3 Å². The molecule has 1 aromatic carbocycles. The number of aldehydes is 1. The molecular formula is C12H13NO2. The van der Waals surface area contributed by atoms with Crippen molar-refractivity contribution < 1.29 is 9.53 Å². The third-order valence-electron chi connectivity index (χ3n) is 2.49. The molecule has 0 unspecified atom stereocenters. The molecule has 0 saturated heterocycles. The Morgan fingerprint density at radius 2 is 2.20 bits per heavy atom. The molecule has 0 saturated carbocycles. The predicted molar refractivity (Wildman–Crippen MR) is 59.5 cm³/mol. The van der Waals surface area contributed by atoms with E-state index in [1.54, 1.807) is 0 Å². The van der Waals surface area contributed by atoms with Crippen molar-refractivity contribution in [3.8, 4) is 5.75 Å². The number of hydrogen-bond acceptors (Lipinski definition) is 2. The second-order valence-electron chi connectivity index (χ2n) is 3.40. The fourth-order valence-corrected chi connectivity index (χ4v) is 1.70. The number of rotatable bonds is 3. The molecule has 0 aliphatic carbocycles. The van der Waals surface area contributed by atoms with Crippen LogP contribution in [0, 0.1) is 0 Å². The molecule has 1 aromatic heterocycles. The van der Waals surface area contributed by atoms with Crippen LogP contribution in [-0.2, 0) is 7.05 Å². The number of carbonyl (C=O) groups excluding carboxylic acids is 1. The van der Waals surface area contributed by atoms with Gasteiger partial charge in [0, 0.05) is 18.5 Å². The van der Waals surface area contributed by atoms with E-state index < -0.39 is 0 Å². The Morgan fingerprint density at radius 3 is 2.87 bits per heavy atom.